The summed E-state index contributed by atoms with van der Waals surface area (Å²) in [4.78, 5) is 26.0. The molecule has 2 rings (SSSR count). The summed E-state index contributed by atoms with van der Waals surface area (Å²) in [5.41, 5.74) is 6.10. The third-order valence-corrected chi connectivity index (χ3v) is 3.53. The van der Waals surface area contributed by atoms with E-state index < -0.39 is 17.7 Å². The zero-order valence-corrected chi connectivity index (χ0v) is 14.0. The Morgan fingerprint density at radius 2 is 1.96 bits per heavy atom. The fraction of sp³-hybridized carbons (Fsp3) is 0.529. The second kappa shape index (κ2) is 7.46. The van der Waals surface area contributed by atoms with Crippen LogP contribution in [0.15, 0.2) is 30.3 Å². The molecule has 0 unspecified atom stereocenters. The Labute approximate surface area is 137 Å². The molecule has 0 aliphatic carbocycles. The molecule has 1 atom stereocenters. The highest BCUT2D eigenvalue weighted by Crippen LogP contribution is 2.20. The predicted octanol–water partition coefficient (Wildman–Crippen LogP) is 2.21. The van der Waals surface area contributed by atoms with Gasteiger partial charge in [-0.1, -0.05) is 30.3 Å². The quantitative estimate of drug-likeness (QED) is 0.835. The number of carbonyl (C=O) groups is 2. The lowest BCUT2D eigenvalue weighted by Gasteiger charge is -2.28. The second-order valence-corrected chi connectivity index (χ2v) is 6.66. The van der Waals surface area contributed by atoms with E-state index >= 15 is 0 Å². The Kier molecular flexibility index (Phi) is 5.60. The molecule has 2 amide bonds. The van der Waals surface area contributed by atoms with Crippen LogP contribution >= 0.6 is 0 Å². The van der Waals surface area contributed by atoms with Crippen molar-refractivity contribution in [3.05, 3.63) is 35.9 Å². The highest BCUT2D eigenvalue weighted by molar-refractivity contribution is 5.85. The molecule has 126 valence electrons. The van der Waals surface area contributed by atoms with Crippen LogP contribution in [0.5, 0.6) is 0 Å². The minimum Gasteiger partial charge on any atom is -0.444 e. The minimum atomic E-state index is -0.563. The molecule has 6 heteroatoms. The predicted molar refractivity (Wildman–Crippen MR) is 87.4 cm³/mol. The van der Waals surface area contributed by atoms with Gasteiger partial charge in [0.1, 0.15) is 11.6 Å². The number of nitrogens with one attached hydrogen (secondary N) is 2. The van der Waals surface area contributed by atoms with Gasteiger partial charge in [0.2, 0.25) is 0 Å². The van der Waals surface area contributed by atoms with Crippen molar-refractivity contribution in [1.29, 1.82) is 0 Å². The van der Waals surface area contributed by atoms with Crippen LogP contribution in [0.25, 0.3) is 0 Å². The lowest BCUT2D eigenvalue weighted by Crippen LogP contribution is -2.50. The van der Waals surface area contributed by atoms with Gasteiger partial charge in [0.05, 0.1) is 0 Å². The van der Waals surface area contributed by atoms with Crippen molar-refractivity contribution in [2.45, 2.75) is 51.8 Å². The van der Waals surface area contributed by atoms with E-state index in [1.54, 1.807) is 0 Å². The molecular weight excluding hydrogens is 294 g/mol. The van der Waals surface area contributed by atoms with Crippen LogP contribution < -0.4 is 10.9 Å². The summed E-state index contributed by atoms with van der Waals surface area (Å²) in [7, 11) is 0. The van der Waals surface area contributed by atoms with Gasteiger partial charge < -0.3 is 4.74 Å². The summed E-state index contributed by atoms with van der Waals surface area (Å²) in [5, 5.41) is 0. The molecule has 1 aromatic carbocycles. The molecule has 1 aromatic rings. The van der Waals surface area contributed by atoms with Gasteiger partial charge in [0.25, 0.3) is 5.91 Å². The van der Waals surface area contributed by atoms with Gasteiger partial charge >= 0.3 is 6.09 Å². The monoisotopic (exact) mass is 319 g/mol. The number of likely N-dealkylation sites (tertiary alicyclic amines) is 1. The van der Waals surface area contributed by atoms with Crippen LogP contribution in [0.2, 0.25) is 0 Å². The summed E-state index contributed by atoms with van der Waals surface area (Å²) >= 11 is 0. The second-order valence-electron chi connectivity index (χ2n) is 6.66. The van der Waals surface area contributed by atoms with E-state index in [0.717, 1.165) is 12.0 Å². The lowest BCUT2D eigenvalue weighted by atomic mass is 10.2. The topological polar surface area (TPSA) is 70.7 Å². The average molecular weight is 319 g/mol. The normalized spacial score (nSPS) is 17.9. The van der Waals surface area contributed by atoms with Crippen molar-refractivity contribution in [3.8, 4) is 0 Å². The molecule has 0 spiro atoms. The van der Waals surface area contributed by atoms with Gasteiger partial charge in [-0.25, -0.2) is 10.2 Å². The van der Waals surface area contributed by atoms with E-state index in [-0.39, 0.29) is 5.91 Å². The molecule has 2 N–H and O–H groups in total. The summed E-state index contributed by atoms with van der Waals surface area (Å²) in [6.45, 7) is 6.53. The van der Waals surface area contributed by atoms with E-state index in [0.29, 0.717) is 19.5 Å². The molecule has 23 heavy (non-hydrogen) atoms. The number of rotatable bonds is 4. The van der Waals surface area contributed by atoms with Crippen molar-refractivity contribution >= 4 is 12.0 Å². The number of benzene rings is 1. The molecule has 0 saturated carbocycles. The van der Waals surface area contributed by atoms with Gasteiger partial charge in [-0.2, -0.15) is 0 Å². The van der Waals surface area contributed by atoms with Gasteiger partial charge in [-0.3, -0.25) is 15.1 Å². The van der Waals surface area contributed by atoms with Gasteiger partial charge in [0, 0.05) is 13.1 Å². The molecular formula is C17H25N3O3. The fourth-order valence-electron chi connectivity index (χ4n) is 2.49. The first-order chi connectivity index (χ1) is 10.9. The van der Waals surface area contributed by atoms with Crippen LogP contribution in [0.3, 0.4) is 0 Å². The Bertz CT molecular complexity index is 540. The molecule has 1 heterocycles. The molecule has 6 nitrogen and oxygen atoms in total. The molecule has 0 radical (unpaired) electrons. The molecule has 1 saturated heterocycles. The van der Waals surface area contributed by atoms with Crippen LogP contribution in [0, 0.1) is 0 Å². The van der Waals surface area contributed by atoms with Crippen molar-refractivity contribution in [2.24, 2.45) is 0 Å². The van der Waals surface area contributed by atoms with Crippen molar-refractivity contribution in [3.63, 3.8) is 0 Å². The number of hydrogen-bond acceptors (Lipinski definition) is 4. The zero-order valence-electron chi connectivity index (χ0n) is 14.0. The van der Waals surface area contributed by atoms with Crippen molar-refractivity contribution in [2.75, 3.05) is 6.54 Å². The highest BCUT2D eigenvalue weighted by atomic mass is 16.6. The fourth-order valence-corrected chi connectivity index (χ4v) is 2.49. The van der Waals surface area contributed by atoms with E-state index in [9.17, 15) is 9.59 Å². The lowest BCUT2D eigenvalue weighted by molar-refractivity contribution is -0.126. The standard InChI is InChI=1S/C17H25N3O3/c1-17(2,3)23-16(22)20-11-7-10-14(20)15(21)19-18-12-13-8-5-4-6-9-13/h4-6,8-9,14,18H,7,10-12H2,1-3H3,(H,19,21)/t14-/m0/s1. The molecule has 0 bridgehead atoms. The van der Waals surface area contributed by atoms with E-state index in [1.807, 2.05) is 51.1 Å². The third-order valence-electron chi connectivity index (χ3n) is 3.53. The first-order valence-electron chi connectivity index (χ1n) is 7.93. The van der Waals surface area contributed by atoms with Gasteiger partial charge in [-0.05, 0) is 39.2 Å². The van der Waals surface area contributed by atoms with Crippen molar-refractivity contribution < 1.29 is 14.3 Å². The van der Waals surface area contributed by atoms with Crippen LogP contribution in [0.4, 0.5) is 4.79 Å². The molecule has 1 aliphatic rings. The maximum Gasteiger partial charge on any atom is 0.410 e. The van der Waals surface area contributed by atoms with Crippen molar-refractivity contribution in [1.82, 2.24) is 15.8 Å². The summed E-state index contributed by atoms with van der Waals surface area (Å²) in [5.74, 6) is -0.204. The average Bonchev–Trinajstić information content (AvgIpc) is 2.96. The highest BCUT2D eigenvalue weighted by Gasteiger charge is 2.36. The number of ether oxygens (including phenoxy) is 1. The summed E-state index contributed by atoms with van der Waals surface area (Å²) in [6.07, 6.45) is 1.02. The van der Waals surface area contributed by atoms with E-state index in [4.69, 9.17) is 4.74 Å². The van der Waals surface area contributed by atoms with E-state index in [1.165, 1.54) is 4.90 Å². The van der Waals surface area contributed by atoms with Crippen LogP contribution in [-0.2, 0) is 16.1 Å². The van der Waals surface area contributed by atoms with E-state index in [2.05, 4.69) is 10.9 Å². The molecule has 0 aromatic heterocycles. The third kappa shape index (κ3) is 5.25. The largest absolute Gasteiger partial charge is 0.444 e. The first-order valence-corrected chi connectivity index (χ1v) is 7.93. The SMILES string of the molecule is CC(C)(C)OC(=O)N1CCC[C@H]1C(=O)NNCc1ccccc1. The summed E-state index contributed by atoms with van der Waals surface area (Å²) < 4.78 is 5.36. The summed E-state index contributed by atoms with van der Waals surface area (Å²) in [6, 6.07) is 9.30. The smallest absolute Gasteiger partial charge is 0.410 e. The number of carbonyl (C=O) groups excluding carboxylic acids is 2. The molecule has 1 fully saturated rings. The number of nitrogens with zero attached hydrogens (tertiary/aromatic N) is 1. The maximum absolute atomic E-state index is 12.3. The zero-order chi connectivity index (χ0) is 16.9. The Morgan fingerprint density at radius 3 is 2.61 bits per heavy atom. The minimum absolute atomic E-state index is 0.204. The van der Waals surface area contributed by atoms with Crippen LogP contribution in [-0.4, -0.2) is 35.1 Å². The maximum atomic E-state index is 12.3. The Morgan fingerprint density at radius 1 is 1.26 bits per heavy atom. The Hall–Kier alpha value is -2.08. The first kappa shape index (κ1) is 17.3. The van der Waals surface area contributed by atoms with Gasteiger partial charge in [-0.15, -0.1) is 0 Å². The number of hydrazine groups is 1. The number of amides is 2. The number of hydrogen-bond donors (Lipinski definition) is 2. The van der Waals surface area contributed by atoms with Gasteiger partial charge in [0.15, 0.2) is 0 Å². The Balaban J connectivity index is 1.84. The van der Waals surface area contributed by atoms with Crippen LogP contribution in [0.1, 0.15) is 39.2 Å². The molecule has 1 aliphatic heterocycles.